The molecular weight excluding hydrogens is 499 g/mol. The van der Waals surface area contributed by atoms with Gasteiger partial charge < -0.3 is 14.8 Å². The zero-order chi connectivity index (χ0) is 26.6. The van der Waals surface area contributed by atoms with E-state index in [-0.39, 0.29) is 23.2 Å². The number of amides is 1. The van der Waals surface area contributed by atoms with Gasteiger partial charge in [0.15, 0.2) is 6.61 Å². The summed E-state index contributed by atoms with van der Waals surface area (Å²) in [7, 11) is -3.89. The summed E-state index contributed by atoms with van der Waals surface area (Å²) in [6, 6.07) is 16.3. The Morgan fingerprint density at radius 1 is 0.973 bits per heavy atom. The zero-order valence-corrected chi connectivity index (χ0v) is 21.2. The molecule has 8 nitrogen and oxygen atoms in total. The highest BCUT2D eigenvalue weighted by molar-refractivity contribution is 7.92. The number of sulfonamides is 1. The molecular formula is C27H27FN2O6S. The molecule has 2 N–H and O–H groups in total. The third-order valence-electron chi connectivity index (χ3n) is 6.05. The first-order chi connectivity index (χ1) is 17.6. The number of hydrogen-bond acceptors (Lipinski definition) is 6. The third kappa shape index (κ3) is 6.08. The number of carbonyl (C=O) groups excluding carboxylic acids is 2. The smallest absolute Gasteiger partial charge is 0.316 e. The Morgan fingerprint density at radius 3 is 2.22 bits per heavy atom. The molecule has 0 atom stereocenters. The van der Waals surface area contributed by atoms with Gasteiger partial charge in [0.2, 0.25) is 0 Å². The molecule has 0 aromatic heterocycles. The highest BCUT2D eigenvalue weighted by Gasteiger charge is 2.52. The van der Waals surface area contributed by atoms with Crippen molar-refractivity contribution in [2.24, 2.45) is 0 Å². The number of benzene rings is 3. The fraction of sp³-hybridized carbons (Fsp3) is 0.259. The van der Waals surface area contributed by atoms with Crippen LogP contribution in [-0.2, 0) is 29.8 Å². The van der Waals surface area contributed by atoms with Gasteiger partial charge in [0.1, 0.15) is 11.6 Å². The van der Waals surface area contributed by atoms with E-state index in [0.29, 0.717) is 23.6 Å². The van der Waals surface area contributed by atoms with Gasteiger partial charge in [-0.3, -0.25) is 14.3 Å². The number of halogens is 1. The van der Waals surface area contributed by atoms with E-state index in [1.165, 1.54) is 30.3 Å². The Labute approximate surface area is 214 Å². The minimum absolute atomic E-state index is 0.00229. The van der Waals surface area contributed by atoms with Crippen LogP contribution in [0.2, 0.25) is 0 Å². The highest BCUT2D eigenvalue weighted by Crippen LogP contribution is 2.49. The minimum Gasteiger partial charge on any atom is -0.483 e. The average molecular weight is 527 g/mol. The average Bonchev–Trinajstić information content (AvgIpc) is 3.67. The van der Waals surface area contributed by atoms with E-state index < -0.39 is 27.2 Å². The van der Waals surface area contributed by atoms with E-state index in [2.05, 4.69) is 10.0 Å². The van der Waals surface area contributed by atoms with Gasteiger partial charge in [-0.05, 0) is 92.4 Å². The Kier molecular flexibility index (Phi) is 7.49. The van der Waals surface area contributed by atoms with Crippen LogP contribution in [0.3, 0.4) is 0 Å². The largest absolute Gasteiger partial charge is 0.483 e. The molecule has 0 unspecified atom stereocenters. The van der Waals surface area contributed by atoms with Crippen LogP contribution in [0.4, 0.5) is 15.8 Å². The van der Waals surface area contributed by atoms with Crippen LogP contribution in [-0.4, -0.2) is 33.5 Å². The summed E-state index contributed by atoms with van der Waals surface area (Å²) < 4.78 is 51.5. The molecule has 0 saturated heterocycles. The molecule has 0 spiro atoms. The molecule has 3 aromatic carbocycles. The minimum atomic E-state index is -3.89. The van der Waals surface area contributed by atoms with Gasteiger partial charge >= 0.3 is 5.97 Å². The number of anilines is 2. The molecule has 0 bridgehead atoms. The number of carbonyl (C=O) groups is 2. The summed E-state index contributed by atoms with van der Waals surface area (Å²) in [5.41, 5.74) is 1.60. The van der Waals surface area contributed by atoms with E-state index in [9.17, 15) is 22.4 Å². The van der Waals surface area contributed by atoms with E-state index in [0.717, 1.165) is 30.5 Å². The second-order valence-electron chi connectivity index (χ2n) is 8.76. The molecule has 1 fully saturated rings. The molecule has 10 heteroatoms. The quantitative estimate of drug-likeness (QED) is 0.375. The van der Waals surface area contributed by atoms with Gasteiger partial charge in [-0.25, -0.2) is 12.8 Å². The molecule has 0 aliphatic heterocycles. The highest BCUT2D eigenvalue weighted by atomic mass is 32.2. The lowest BCUT2D eigenvalue weighted by molar-refractivity contribution is -0.146. The Balaban J connectivity index is 1.33. The van der Waals surface area contributed by atoms with E-state index in [1.54, 1.807) is 26.0 Å². The second kappa shape index (κ2) is 10.6. The molecule has 0 radical (unpaired) electrons. The fourth-order valence-electron chi connectivity index (χ4n) is 3.90. The van der Waals surface area contributed by atoms with Crippen LogP contribution < -0.4 is 14.8 Å². The van der Waals surface area contributed by atoms with Crippen LogP contribution in [0.15, 0.2) is 71.6 Å². The SMILES string of the molecule is CCOC(=O)C1(c2ccc(NC(=O)COc3ccc(S(=O)(=O)Nc4ccc(F)cc4)cc3C)cc2)CC1. The van der Waals surface area contributed by atoms with Crippen molar-refractivity contribution in [1.82, 2.24) is 0 Å². The van der Waals surface area contributed by atoms with Crippen molar-refractivity contribution in [2.75, 3.05) is 23.3 Å². The normalized spacial score (nSPS) is 13.9. The van der Waals surface area contributed by atoms with Gasteiger partial charge in [0, 0.05) is 11.4 Å². The summed E-state index contributed by atoms with van der Waals surface area (Å²) in [6.45, 7) is 3.49. The molecule has 0 heterocycles. The predicted molar refractivity (Wildman–Crippen MR) is 136 cm³/mol. The first kappa shape index (κ1) is 26.2. The van der Waals surface area contributed by atoms with Crippen LogP contribution in [0.25, 0.3) is 0 Å². The number of nitrogens with one attached hydrogen (secondary N) is 2. The first-order valence-electron chi connectivity index (χ1n) is 11.7. The van der Waals surface area contributed by atoms with Gasteiger partial charge in [0.25, 0.3) is 15.9 Å². The lowest BCUT2D eigenvalue weighted by Crippen LogP contribution is -2.23. The van der Waals surface area contributed by atoms with Gasteiger partial charge in [-0.1, -0.05) is 12.1 Å². The fourth-order valence-corrected chi connectivity index (χ4v) is 5.04. The Hall–Kier alpha value is -3.92. The number of aryl methyl sites for hydroxylation is 1. The van der Waals surface area contributed by atoms with Crippen LogP contribution >= 0.6 is 0 Å². The topological polar surface area (TPSA) is 111 Å². The lowest BCUT2D eigenvalue weighted by Gasteiger charge is -2.15. The number of ether oxygens (including phenoxy) is 2. The zero-order valence-electron chi connectivity index (χ0n) is 20.4. The van der Waals surface area contributed by atoms with Crippen LogP contribution in [0.1, 0.15) is 30.9 Å². The molecule has 1 saturated carbocycles. The van der Waals surface area contributed by atoms with E-state index >= 15 is 0 Å². The van der Waals surface area contributed by atoms with Crippen molar-refractivity contribution in [3.8, 4) is 5.75 Å². The van der Waals surface area contributed by atoms with E-state index in [1.807, 2.05) is 12.1 Å². The third-order valence-corrected chi connectivity index (χ3v) is 7.43. The maximum Gasteiger partial charge on any atom is 0.316 e. The van der Waals surface area contributed by atoms with Crippen molar-refractivity contribution >= 4 is 33.3 Å². The molecule has 37 heavy (non-hydrogen) atoms. The summed E-state index contributed by atoms with van der Waals surface area (Å²) in [5, 5.41) is 2.74. The first-order valence-corrected chi connectivity index (χ1v) is 13.2. The summed E-state index contributed by atoms with van der Waals surface area (Å²) in [6.07, 6.45) is 1.49. The Bertz CT molecular complexity index is 1400. The predicted octanol–water partition coefficient (Wildman–Crippen LogP) is 4.55. The van der Waals surface area contributed by atoms with Crippen LogP contribution in [0.5, 0.6) is 5.75 Å². The van der Waals surface area contributed by atoms with Crippen molar-refractivity contribution < 1.29 is 31.9 Å². The molecule has 1 aliphatic carbocycles. The summed E-state index contributed by atoms with van der Waals surface area (Å²) in [4.78, 5) is 24.6. The Morgan fingerprint density at radius 2 is 1.62 bits per heavy atom. The second-order valence-corrected chi connectivity index (χ2v) is 10.4. The maximum atomic E-state index is 13.1. The summed E-state index contributed by atoms with van der Waals surface area (Å²) in [5.74, 6) is -0.729. The van der Waals surface area contributed by atoms with Crippen molar-refractivity contribution in [2.45, 2.75) is 37.0 Å². The summed E-state index contributed by atoms with van der Waals surface area (Å²) >= 11 is 0. The number of rotatable bonds is 10. The molecule has 194 valence electrons. The van der Waals surface area contributed by atoms with Gasteiger partial charge in [-0.2, -0.15) is 0 Å². The maximum absolute atomic E-state index is 13.1. The van der Waals surface area contributed by atoms with Crippen LogP contribution in [0, 0.1) is 12.7 Å². The number of hydrogen-bond donors (Lipinski definition) is 2. The van der Waals surface area contributed by atoms with Gasteiger partial charge in [-0.15, -0.1) is 0 Å². The standard InChI is InChI=1S/C27H27FN2O6S/c1-3-35-26(32)27(14-15-27)19-4-8-21(9-5-19)29-25(31)17-36-24-13-12-23(16-18(24)2)37(33,34)30-22-10-6-20(28)7-11-22/h4-13,16,30H,3,14-15,17H2,1-2H3,(H,29,31). The lowest BCUT2D eigenvalue weighted by atomic mass is 9.96. The molecule has 3 aromatic rings. The van der Waals surface area contributed by atoms with E-state index in [4.69, 9.17) is 9.47 Å². The number of esters is 1. The molecule has 1 aliphatic rings. The molecule has 4 rings (SSSR count). The van der Waals surface area contributed by atoms with Gasteiger partial charge in [0.05, 0.1) is 16.9 Å². The van der Waals surface area contributed by atoms with Crippen molar-refractivity contribution in [1.29, 1.82) is 0 Å². The monoisotopic (exact) mass is 526 g/mol. The van der Waals surface area contributed by atoms with Crippen molar-refractivity contribution in [3.05, 3.63) is 83.7 Å². The molecule has 1 amide bonds. The van der Waals surface area contributed by atoms with Crippen molar-refractivity contribution in [3.63, 3.8) is 0 Å².